The molecule has 126 valence electrons. The molecule has 2 aromatic carbocycles. The normalized spacial score (nSPS) is 11.8. The lowest BCUT2D eigenvalue weighted by atomic mass is 10.1. The zero-order valence-corrected chi connectivity index (χ0v) is 13.9. The highest BCUT2D eigenvalue weighted by Gasteiger charge is 2.14. The number of benzene rings is 2. The van der Waals surface area contributed by atoms with Gasteiger partial charge in [-0.05, 0) is 43.2 Å². The van der Waals surface area contributed by atoms with E-state index in [0.717, 1.165) is 10.5 Å². The minimum absolute atomic E-state index is 0.0238. The van der Waals surface area contributed by atoms with Gasteiger partial charge in [0.15, 0.2) is 0 Å². The van der Waals surface area contributed by atoms with Crippen LogP contribution in [0.2, 0.25) is 0 Å². The van der Waals surface area contributed by atoms with E-state index in [2.05, 4.69) is 5.32 Å². The van der Waals surface area contributed by atoms with Crippen LogP contribution in [0.5, 0.6) is 0 Å². The number of hydrogen-bond acceptors (Lipinski definition) is 4. The number of nitro groups is 1. The summed E-state index contributed by atoms with van der Waals surface area (Å²) in [6, 6.07) is 12.3. The molecule has 0 radical (unpaired) electrons. The minimum Gasteiger partial charge on any atom is -0.355 e. The topological polar surface area (TPSA) is 72.2 Å². The quantitative estimate of drug-likeness (QED) is 0.472. The number of nitrogens with one attached hydrogen (secondary N) is 1. The number of amides is 1. The van der Waals surface area contributed by atoms with Gasteiger partial charge in [-0.3, -0.25) is 14.9 Å². The number of thioether (sulfide) groups is 1. The molecule has 1 amide bonds. The first-order valence-electron chi connectivity index (χ1n) is 7.39. The van der Waals surface area contributed by atoms with Crippen LogP contribution in [0.15, 0.2) is 53.4 Å². The van der Waals surface area contributed by atoms with Gasteiger partial charge in [-0.25, -0.2) is 4.39 Å². The molecule has 0 spiro atoms. The molecule has 0 aliphatic carbocycles. The van der Waals surface area contributed by atoms with Gasteiger partial charge in [0.05, 0.1) is 10.2 Å². The molecular formula is C17H17FN2O3S. The van der Waals surface area contributed by atoms with Crippen molar-refractivity contribution in [3.63, 3.8) is 0 Å². The molecule has 2 rings (SSSR count). The Morgan fingerprint density at radius 3 is 2.42 bits per heavy atom. The average Bonchev–Trinajstić information content (AvgIpc) is 2.57. The third-order valence-electron chi connectivity index (χ3n) is 3.36. The van der Waals surface area contributed by atoms with Crippen molar-refractivity contribution in [2.75, 3.05) is 6.54 Å². The fourth-order valence-corrected chi connectivity index (χ4v) is 2.92. The van der Waals surface area contributed by atoms with Crippen LogP contribution in [0, 0.1) is 15.9 Å². The molecule has 1 atom stereocenters. The van der Waals surface area contributed by atoms with Crippen LogP contribution in [-0.4, -0.2) is 22.6 Å². The summed E-state index contributed by atoms with van der Waals surface area (Å²) >= 11 is 1.34. The van der Waals surface area contributed by atoms with Crippen molar-refractivity contribution in [2.24, 2.45) is 0 Å². The van der Waals surface area contributed by atoms with Crippen molar-refractivity contribution < 1.29 is 14.1 Å². The minimum atomic E-state index is -0.458. The SMILES string of the molecule is CC(Sc1ccc([N+](=O)[O-])cc1)C(=O)NCCc1ccc(F)cc1. The second-order valence-electron chi connectivity index (χ2n) is 5.18. The third kappa shape index (κ3) is 5.34. The molecule has 1 unspecified atom stereocenters. The molecule has 0 bridgehead atoms. The van der Waals surface area contributed by atoms with Gasteiger partial charge >= 0.3 is 0 Å². The summed E-state index contributed by atoms with van der Waals surface area (Å²) in [7, 11) is 0. The lowest BCUT2D eigenvalue weighted by Crippen LogP contribution is -2.32. The van der Waals surface area contributed by atoms with Crippen LogP contribution in [0.1, 0.15) is 12.5 Å². The number of nitro benzene ring substituents is 1. The predicted molar refractivity (Wildman–Crippen MR) is 91.5 cm³/mol. The van der Waals surface area contributed by atoms with E-state index < -0.39 is 4.92 Å². The Labute approximate surface area is 143 Å². The molecule has 0 saturated heterocycles. The number of nitrogens with zero attached hydrogens (tertiary/aromatic N) is 1. The summed E-state index contributed by atoms with van der Waals surface area (Å²) in [5.41, 5.74) is 0.975. The second-order valence-corrected chi connectivity index (χ2v) is 6.59. The van der Waals surface area contributed by atoms with Crippen molar-refractivity contribution in [2.45, 2.75) is 23.5 Å². The fraction of sp³-hybridized carbons (Fsp3) is 0.235. The van der Waals surface area contributed by atoms with Crippen molar-refractivity contribution in [3.8, 4) is 0 Å². The number of halogens is 1. The number of carbonyl (C=O) groups is 1. The summed E-state index contributed by atoms with van der Waals surface area (Å²) in [5, 5.41) is 13.1. The van der Waals surface area contributed by atoms with Crippen molar-refractivity contribution in [1.82, 2.24) is 5.32 Å². The first-order valence-corrected chi connectivity index (χ1v) is 8.27. The molecule has 2 aromatic rings. The molecule has 24 heavy (non-hydrogen) atoms. The first kappa shape index (κ1) is 17.9. The van der Waals surface area contributed by atoms with E-state index in [9.17, 15) is 19.3 Å². The molecule has 7 heteroatoms. The standard InChI is InChI=1S/C17H17FN2O3S/c1-12(24-16-8-6-15(7-9-16)20(22)23)17(21)19-11-10-13-2-4-14(18)5-3-13/h2-9,12H,10-11H2,1H3,(H,19,21). The lowest BCUT2D eigenvalue weighted by molar-refractivity contribution is -0.384. The van der Waals surface area contributed by atoms with Crippen LogP contribution in [0.25, 0.3) is 0 Å². The van der Waals surface area contributed by atoms with E-state index in [-0.39, 0.29) is 22.7 Å². The molecule has 0 heterocycles. The maximum absolute atomic E-state index is 12.8. The van der Waals surface area contributed by atoms with E-state index in [1.807, 2.05) is 0 Å². The highest BCUT2D eigenvalue weighted by molar-refractivity contribution is 8.00. The monoisotopic (exact) mass is 348 g/mol. The maximum atomic E-state index is 12.8. The van der Waals surface area contributed by atoms with Crippen LogP contribution in [0.3, 0.4) is 0 Å². The summed E-state index contributed by atoms with van der Waals surface area (Å²) in [4.78, 5) is 23.0. The largest absolute Gasteiger partial charge is 0.355 e. The summed E-state index contributed by atoms with van der Waals surface area (Å²) < 4.78 is 12.8. The predicted octanol–water partition coefficient (Wildman–Crippen LogP) is 3.57. The number of non-ortho nitro benzene ring substituents is 1. The summed E-state index contributed by atoms with van der Waals surface area (Å²) in [5.74, 6) is -0.392. The molecule has 0 aromatic heterocycles. The van der Waals surface area contributed by atoms with Crippen LogP contribution in [-0.2, 0) is 11.2 Å². The molecule has 5 nitrogen and oxygen atoms in total. The van der Waals surface area contributed by atoms with Gasteiger partial charge in [0.1, 0.15) is 5.82 Å². The maximum Gasteiger partial charge on any atom is 0.269 e. The van der Waals surface area contributed by atoms with Gasteiger partial charge in [-0.15, -0.1) is 11.8 Å². The third-order valence-corrected chi connectivity index (χ3v) is 4.47. The van der Waals surface area contributed by atoms with Gasteiger partial charge in [0.2, 0.25) is 5.91 Å². The number of carbonyl (C=O) groups excluding carboxylic acids is 1. The van der Waals surface area contributed by atoms with Gasteiger partial charge in [0.25, 0.3) is 5.69 Å². The van der Waals surface area contributed by atoms with Crippen molar-refractivity contribution in [1.29, 1.82) is 0 Å². The Morgan fingerprint density at radius 2 is 1.83 bits per heavy atom. The molecule has 0 aliphatic rings. The molecule has 0 saturated carbocycles. The highest BCUT2D eigenvalue weighted by Crippen LogP contribution is 2.25. The van der Waals surface area contributed by atoms with Gasteiger partial charge < -0.3 is 5.32 Å². The molecular weight excluding hydrogens is 331 g/mol. The Bertz CT molecular complexity index is 705. The zero-order valence-electron chi connectivity index (χ0n) is 13.1. The van der Waals surface area contributed by atoms with E-state index >= 15 is 0 Å². The second kappa shape index (κ2) is 8.44. The Balaban J connectivity index is 1.79. The van der Waals surface area contributed by atoms with Gasteiger partial charge in [-0.2, -0.15) is 0 Å². The van der Waals surface area contributed by atoms with Crippen LogP contribution >= 0.6 is 11.8 Å². The van der Waals surface area contributed by atoms with E-state index in [0.29, 0.717) is 13.0 Å². The first-order chi connectivity index (χ1) is 11.5. The smallest absolute Gasteiger partial charge is 0.269 e. The van der Waals surface area contributed by atoms with E-state index in [1.54, 1.807) is 31.2 Å². The molecule has 0 aliphatic heterocycles. The van der Waals surface area contributed by atoms with Gasteiger partial charge in [-0.1, -0.05) is 12.1 Å². The van der Waals surface area contributed by atoms with Crippen LogP contribution < -0.4 is 5.32 Å². The van der Waals surface area contributed by atoms with Crippen LogP contribution in [0.4, 0.5) is 10.1 Å². The fourth-order valence-electron chi connectivity index (χ4n) is 2.03. The van der Waals surface area contributed by atoms with Gasteiger partial charge in [0, 0.05) is 23.6 Å². The van der Waals surface area contributed by atoms with Crippen molar-refractivity contribution in [3.05, 3.63) is 70.0 Å². The molecule has 0 fully saturated rings. The lowest BCUT2D eigenvalue weighted by Gasteiger charge is -2.12. The Hall–Kier alpha value is -2.41. The number of hydrogen-bond donors (Lipinski definition) is 1. The Morgan fingerprint density at radius 1 is 1.21 bits per heavy atom. The van der Waals surface area contributed by atoms with E-state index in [4.69, 9.17) is 0 Å². The average molecular weight is 348 g/mol. The highest BCUT2D eigenvalue weighted by atomic mass is 32.2. The van der Waals surface area contributed by atoms with Crippen molar-refractivity contribution >= 4 is 23.4 Å². The van der Waals surface area contributed by atoms with E-state index in [1.165, 1.54) is 36.0 Å². The Kier molecular flexibility index (Phi) is 6.31. The molecule has 1 N–H and O–H groups in total. The number of rotatable bonds is 7. The summed E-state index contributed by atoms with van der Waals surface area (Å²) in [6.07, 6.45) is 0.626. The zero-order chi connectivity index (χ0) is 17.5. The summed E-state index contributed by atoms with van der Waals surface area (Å²) in [6.45, 7) is 2.24.